The second kappa shape index (κ2) is 10.3. The summed E-state index contributed by atoms with van der Waals surface area (Å²) >= 11 is 0. The van der Waals surface area contributed by atoms with E-state index in [0.717, 1.165) is 16.9 Å². The van der Waals surface area contributed by atoms with Gasteiger partial charge in [0.1, 0.15) is 17.5 Å². The highest BCUT2D eigenvalue weighted by molar-refractivity contribution is 5.87. The van der Waals surface area contributed by atoms with Gasteiger partial charge in [0.2, 0.25) is 5.91 Å². The van der Waals surface area contributed by atoms with E-state index in [2.05, 4.69) is 5.32 Å². The monoisotopic (exact) mass is 384 g/mol. The molecule has 2 aromatic rings. The lowest BCUT2D eigenvalue weighted by molar-refractivity contribution is -0.142. The number of benzene rings is 2. The molecule has 1 N–H and O–H groups in total. The van der Waals surface area contributed by atoms with E-state index in [4.69, 9.17) is 9.47 Å². The zero-order valence-corrected chi connectivity index (χ0v) is 16.9. The maximum atomic E-state index is 12.9. The average Bonchev–Trinajstić information content (AvgIpc) is 2.70. The molecule has 0 unspecified atom stereocenters. The minimum Gasteiger partial charge on any atom is -0.497 e. The Balaban J connectivity index is 2.13. The molecule has 0 aromatic heterocycles. The summed E-state index contributed by atoms with van der Waals surface area (Å²) < 4.78 is 10.8. The molecule has 2 rings (SSSR count). The second-order valence-corrected chi connectivity index (χ2v) is 6.55. The van der Waals surface area contributed by atoms with Gasteiger partial charge in [-0.25, -0.2) is 0 Å². The van der Waals surface area contributed by atoms with E-state index < -0.39 is 6.04 Å². The van der Waals surface area contributed by atoms with Crippen LogP contribution in [0.2, 0.25) is 0 Å². The zero-order chi connectivity index (χ0) is 20.5. The molecule has 0 saturated heterocycles. The lowest BCUT2D eigenvalue weighted by atomic mass is 10.1. The molecule has 6 nitrogen and oxygen atoms in total. The third-order valence-electron chi connectivity index (χ3n) is 4.38. The van der Waals surface area contributed by atoms with Crippen LogP contribution in [0.1, 0.15) is 25.0 Å². The number of nitrogens with zero attached hydrogens (tertiary/aromatic N) is 1. The fourth-order valence-electron chi connectivity index (χ4n) is 2.77. The Labute approximate surface area is 166 Å². The highest BCUT2D eigenvalue weighted by atomic mass is 16.5. The topological polar surface area (TPSA) is 67.9 Å². The molecule has 0 aliphatic carbocycles. The molecule has 2 amide bonds. The van der Waals surface area contributed by atoms with Crippen LogP contribution in [-0.4, -0.2) is 43.0 Å². The first kappa shape index (κ1) is 21.3. The fraction of sp³-hybridized carbons (Fsp3) is 0.364. The van der Waals surface area contributed by atoms with Gasteiger partial charge in [0.15, 0.2) is 6.61 Å². The van der Waals surface area contributed by atoms with Gasteiger partial charge < -0.3 is 19.7 Å². The van der Waals surface area contributed by atoms with E-state index in [1.54, 1.807) is 20.1 Å². The van der Waals surface area contributed by atoms with Gasteiger partial charge in [-0.1, -0.05) is 24.3 Å². The standard InChI is InChI=1S/C22H28N2O4/c1-5-23-22(26)17(3)24(14-18-9-11-19(27-4)12-10-18)21(25)15-28-20-8-6-7-16(2)13-20/h6-13,17H,5,14-15H2,1-4H3,(H,23,26)/t17-/m0/s1. The van der Waals surface area contributed by atoms with Gasteiger partial charge in [0, 0.05) is 13.1 Å². The van der Waals surface area contributed by atoms with Crippen molar-refractivity contribution < 1.29 is 19.1 Å². The Morgan fingerprint density at radius 1 is 1.11 bits per heavy atom. The van der Waals surface area contributed by atoms with Crippen molar-refractivity contribution in [2.45, 2.75) is 33.4 Å². The number of rotatable bonds is 9. The van der Waals surface area contributed by atoms with Crippen molar-refractivity contribution in [1.29, 1.82) is 0 Å². The second-order valence-electron chi connectivity index (χ2n) is 6.55. The van der Waals surface area contributed by atoms with Gasteiger partial charge in [-0.3, -0.25) is 9.59 Å². The van der Waals surface area contributed by atoms with Crippen LogP contribution in [0.25, 0.3) is 0 Å². The van der Waals surface area contributed by atoms with E-state index in [1.807, 2.05) is 56.3 Å². The van der Waals surface area contributed by atoms with E-state index in [9.17, 15) is 9.59 Å². The lowest BCUT2D eigenvalue weighted by Crippen LogP contribution is -2.49. The Kier molecular flexibility index (Phi) is 7.87. The number of carbonyl (C=O) groups is 2. The van der Waals surface area contributed by atoms with Crippen molar-refractivity contribution >= 4 is 11.8 Å². The number of carbonyl (C=O) groups excluding carboxylic acids is 2. The first-order valence-electron chi connectivity index (χ1n) is 9.34. The van der Waals surface area contributed by atoms with Crippen LogP contribution in [0.5, 0.6) is 11.5 Å². The van der Waals surface area contributed by atoms with Gasteiger partial charge in [0.25, 0.3) is 5.91 Å². The smallest absolute Gasteiger partial charge is 0.261 e. The Bertz CT molecular complexity index is 789. The van der Waals surface area contributed by atoms with E-state index in [1.165, 1.54) is 4.90 Å². The molecule has 0 aliphatic heterocycles. The van der Waals surface area contributed by atoms with Gasteiger partial charge in [0.05, 0.1) is 7.11 Å². The first-order chi connectivity index (χ1) is 13.4. The molecule has 2 aromatic carbocycles. The molecule has 28 heavy (non-hydrogen) atoms. The first-order valence-corrected chi connectivity index (χ1v) is 9.34. The minimum atomic E-state index is -0.615. The Hall–Kier alpha value is -3.02. The number of aryl methyl sites for hydroxylation is 1. The van der Waals surface area contributed by atoms with Crippen molar-refractivity contribution in [2.75, 3.05) is 20.3 Å². The predicted molar refractivity (Wildman–Crippen MR) is 108 cm³/mol. The van der Waals surface area contributed by atoms with E-state index in [0.29, 0.717) is 18.8 Å². The molecule has 0 fully saturated rings. The highest BCUT2D eigenvalue weighted by Crippen LogP contribution is 2.16. The maximum absolute atomic E-state index is 12.9. The fourth-order valence-corrected chi connectivity index (χ4v) is 2.77. The normalized spacial score (nSPS) is 11.4. The molecule has 0 radical (unpaired) electrons. The van der Waals surface area contributed by atoms with Gasteiger partial charge in [-0.15, -0.1) is 0 Å². The quantitative estimate of drug-likeness (QED) is 0.722. The number of methoxy groups -OCH3 is 1. The molecule has 0 bridgehead atoms. The van der Waals surface area contributed by atoms with Crippen LogP contribution in [0.4, 0.5) is 0 Å². The van der Waals surface area contributed by atoms with E-state index >= 15 is 0 Å². The number of ether oxygens (including phenoxy) is 2. The largest absolute Gasteiger partial charge is 0.497 e. The SMILES string of the molecule is CCNC(=O)[C@H](C)N(Cc1ccc(OC)cc1)C(=O)COc1cccc(C)c1. The number of likely N-dealkylation sites (N-methyl/N-ethyl adjacent to an activating group) is 1. The summed E-state index contributed by atoms with van der Waals surface area (Å²) in [5.41, 5.74) is 1.96. The van der Waals surface area contributed by atoms with Crippen LogP contribution < -0.4 is 14.8 Å². The maximum Gasteiger partial charge on any atom is 0.261 e. The van der Waals surface area contributed by atoms with Gasteiger partial charge in [-0.2, -0.15) is 0 Å². The molecule has 6 heteroatoms. The molecular formula is C22H28N2O4. The number of hydrogen-bond acceptors (Lipinski definition) is 4. The van der Waals surface area contributed by atoms with Crippen molar-refractivity contribution in [2.24, 2.45) is 0 Å². The van der Waals surface area contributed by atoms with Crippen molar-refractivity contribution in [1.82, 2.24) is 10.2 Å². The third kappa shape index (κ3) is 6.01. The predicted octanol–water partition coefficient (Wildman–Crippen LogP) is 2.94. The van der Waals surface area contributed by atoms with Crippen LogP contribution >= 0.6 is 0 Å². The molecule has 0 aliphatic rings. The number of nitrogens with one attached hydrogen (secondary N) is 1. The van der Waals surface area contributed by atoms with Crippen LogP contribution in [0.15, 0.2) is 48.5 Å². The average molecular weight is 384 g/mol. The van der Waals surface area contributed by atoms with Gasteiger partial charge in [-0.05, 0) is 56.2 Å². The Morgan fingerprint density at radius 2 is 1.82 bits per heavy atom. The summed E-state index contributed by atoms with van der Waals surface area (Å²) in [7, 11) is 1.60. The summed E-state index contributed by atoms with van der Waals surface area (Å²) in [4.78, 5) is 26.7. The molecule has 0 spiro atoms. The Morgan fingerprint density at radius 3 is 2.43 bits per heavy atom. The third-order valence-corrected chi connectivity index (χ3v) is 4.38. The highest BCUT2D eigenvalue weighted by Gasteiger charge is 2.26. The number of hydrogen-bond donors (Lipinski definition) is 1. The molecule has 150 valence electrons. The summed E-state index contributed by atoms with van der Waals surface area (Å²) in [6.45, 7) is 6.21. The summed E-state index contributed by atoms with van der Waals surface area (Å²) in [6, 6.07) is 14.3. The summed E-state index contributed by atoms with van der Waals surface area (Å²) in [5.74, 6) is 0.917. The minimum absolute atomic E-state index is 0.136. The van der Waals surface area contributed by atoms with Crippen LogP contribution in [0.3, 0.4) is 0 Å². The summed E-state index contributed by atoms with van der Waals surface area (Å²) in [5, 5.41) is 2.77. The number of amides is 2. The van der Waals surface area contributed by atoms with Crippen molar-refractivity contribution in [3.8, 4) is 11.5 Å². The van der Waals surface area contributed by atoms with Gasteiger partial charge >= 0.3 is 0 Å². The van der Waals surface area contributed by atoms with Crippen LogP contribution in [0, 0.1) is 6.92 Å². The van der Waals surface area contributed by atoms with Crippen molar-refractivity contribution in [3.63, 3.8) is 0 Å². The molecular weight excluding hydrogens is 356 g/mol. The van der Waals surface area contributed by atoms with E-state index in [-0.39, 0.29) is 18.4 Å². The lowest BCUT2D eigenvalue weighted by Gasteiger charge is -2.28. The van der Waals surface area contributed by atoms with Crippen molar-refractivity contribution in [3.05, 3.63) is 59.7 Å². The van der Waals surface area contributed by atoms with Crippen LogP contribution in [-0.2, 0) is 16.1 Å². The summed E-state index contributed by atoms with van der Waals surface area (Å²) in [6.07, 6.45) is 0. The molecule has 0 heterocycles. The molecule has 0 saturated carbocycles. The molecule has 1 atom stereocenters. The zero-order valence-electron chi connectivity index (χ0n) is 16.9.